The van der Waals surface area contributed by atoms with Crippen LogP contribution >= 0.6 is 0 Å². The minimum Gasteiger partial charge on any atom is -0.440 e. The van der Waals surface area contributed by atoms with Crippen molar-refractivity contribution in [3.05, 3.63) is 66.1 Å². The second kappa shape index (κ2) is 8.27. The molecule has 1 saturated heterocycles. The monoisotopic (exact) mass is 419 g/mol. The van der Waals surface area contributed by atoms with E-state index in [0.717, 1.165) is 42.9 Å². The number of nitrogens with two attached hydrogens (primary N) is 1. The molecule has 1 fully saturated rings. The Hall–Kier alpha value is -3.59. The van der Waals surface area contributed by atoms with Gasteiger partial charge in [0.25, 0.3) is 0 Å². The molecule has 1 aliphatic rings. The molecule has 3 N–H and O–H groups in total. The molecule has 31 heavy (non-hydrogen) atoms. The van der Waals surface area contributed by atoms with E-state index < -0.39 is 0 Å². The van der Waals surface area contributed by atoms with Crippen molar-refractivity contribution in [2.75, 3.05) is 24.1 Å². The third-order valence-corrected chi connectivity index (χ3v) is 5.41. The fourth-order valence-electron chi connectivity index (χ4n) is 3.83. The van der Waals surface area contributed by atoms with Gasteiger partial charge >= 0.3 is 0 Å². The maximum atomic E-state index is 13.1. The van der Waals surface area contributed by atoms with E-state index in [9.17, 15) is 4.39 Å². The van der Waals surface area contributed by atoms with Crippen LogP contribution in [0.2, 0.25) is 0 Å². The topological polar surface area (TPSA) is 106 Å². The number of benzene rings is 2. The number of para-hydroxylation sites is 2. The molecule has 0 spiro atoms. The Bertz CT molecular complexity index is 1150. The number of halogens is 1. The summed E-state index contributed by atoms with van der Waals surface area (Å²) in [4.78, 5) is 19.8. The third-order valence-electron chi connectivity index (χ3n) is 5.41. The Kier molecular flexibility index (Phi) is 5.17. The Labute approximate surface area is 178 Å². The van der Waals surface area contributed by atoms with Crippen LogP contribution in [-0.4, -0.2) is 37.9 Å². The molecule has 8 nitrogen and oxygen atoms in total. The lowest BCUT2D eigenvalue weighted by Crippen LogP contribution is -2.33. The molecule has 2 aromatic heterocycles. The van der Waals surface area contributed by atoms with E-state index in [1.807, 2.05) is 24.3 Å². The van der Waals surface area contributed by atoms with Gasteiger partial charge in [0.15, 0.2) is 11.5 Å². The molecule has 0 atom stereocenters. The normalized spacial score (nSPS) is 15.4. The number of oxazole rings is 1. The predicted molar refractivity (Wildman–Crippen MR) is 115 cm³/mol. The van der Waals surface area contributed by atoms with Gasteiger partial charge in [-0.2, -0.15) is 15.0 Å². The van der Waals surface area contributed by atoms with Crippen molar-refractivity contribution in [1.29, 1.82) is 0 Å². The van der Waals surface area contributed by atoms with Gasteiger partial charge in [0.05, 0.1) is 6.54 Å². The quantitative estimate of drug-likeness (QED) is 0.502. The summed E-state index contributed by atoms with van der Waals surface area (Å²) in [6.07, 6.45) is 1.90. The number of nitrogen functional groups attached to an aromatic ring is 1. The van der Waals surface area contributed by atoms with Crippen LogP contribution in [-0.2, 0) is 6.54 Å². The number of fused-ring (bicyclic) bond motifs is 1. The minimum absolute atomic E-state index is 0.149. The largest absolute Gasteiger partial charge is 0.440 e. The zero-order valence-corrected chi connectivity index (χ0v) is 16.8. The summed E-state index contributed by atoms with van der Waals surface area (Å²) < 4.78 is 19.0. The number of nitrogens with one attached hydrogen (secondary N) is 1. The van der Waals surface area contributed by atoms with Gasteiger partial charge in [0.2, 0.25) is 11.9 Å². The van der Waals surface area contributed by atoms with Gasteiger partial charge in [-0.3, -0.25) is 4.90 Å². The van der Waals surface area contributed by atoms with Crippen LogP contribution in [0.25, 0.3) is 11.1 Å². The first kappa shape index (κ1) is 19.4. The predicted octanol–water partition coefficient (Wildman–Crippen LogP) is 3.86. The van der Waals surface area contributed by atoms with Crippen molar-refractivity contribution in [2.45, 2.75) is 25.3 Å². The van der Waals surface area contributed by atoms with E-state index in [1.165, 1.54) is 12.1 Å². The molecule has 0 aliphatic carbocycles. The van der Waals surface area contributed by atoms with Gasteiger partial charge in [-0.05, 0) is 62.3 Å². The van der Waals surface area contributed by atoms with Crippen LogP contribution in [0.15, 0.2) is 52.9 Å². The van der Waals surface area contributed by atoms with Crippen molar-refractivity contribution >= 4 is 28.7 Å². The number of hydrogen-bond donors (Lipinski definition) is 2. The van der Waals surface area contributed by atoms with Crippen LogP contribution in [0.3, 0.4) is 0 Å². The maximum Gasteiger partial charge on any atom is 0.232 e. The maximum absolute atomic E-state index is 13.1. The van der Waals surface area contributed by atoms with Crippen molar-refractivity contribution < 1.29 is 8.81 Å². The molecule has 0 radical (unpaired) electrons. The average Bonchev–Trinajstić information content (AvgIpc) is 3.20. The summed E-state index contributed by atoms with van der Waals surface area (Å²) >= 11 is 0. The third kappa shape index (κ3) is 4.46. The minimum atomic E-state index is -0.303. The highest BCUT2D eigenvalue weighted by molar-refractivity contribution is 5.72. The number of hydrogen-bond acceptors (Lipinski definition) is 8. The molecule has 3 heterocycles. The molecule has 1 aliphatic heterocycles. The summed E-state index contributed by atoms with van der Waals surface area (Å²) in [6, 6.07) is 13.8. The Morgan fingerprint density at radius 3 is 2.55 bits per heavy atom. The van der Waals surface area contributed by atoms with E-state index in [2.05, 4.69) is 30.2 Å². The van der Waals surface area contributed by atoms with Crippen LogP contribution in [0.4, 0.5) is 22.0 Å². The zero-order chi connectivity index (χ0) is 21.2. The molecule has 0 saturated carbocycles. The van der Waals surface area contributed by atoms with E-state index >= 15 is 0 Å². The lowest BCUT2D eigenvalue weighted by atomic mass is 9.97. The summed E-state index contributed by atoms with van der Waals surface area (Å²) in [5.41, 5.74) is 8.29. The molecule has 0 amide bonds. The van der Waals surface area contributed by atoms with Crippen molar-refractivity contribution in [3.63, 3.8) is 0 Å². The van der Waals surface area contributed by atoms with Crippen molar-refractivity contribution in [3.8, 4) is 0 Å². The highest BCUT2D eigenvalue weighted by Crippen LogP contribution is 2.30. The number of nitrogens with zero attached hydrogens (tertiary/aromatic N) is 5. The van der Waals surface area contributed by atoms with Gasteiger partial charge in [0.1, 0.15) is 17.2 Å². The van der Waals surface area contributed by atoms with Gasteiger partial charge in [-0.25, -0.2) is 9.37 Å². The SMILES string of the molecule is Nc1nc(CN2CCC(c3nc4ccccc4o3)CC2)nc(Nc2ccc(F)cc2)n1. The van der Waals surface area contributed by atoms with Crippen LogP contribution in [0.1, 0.15) is 30.5 Å². The van der Waals surface area contributed by atoms with E-state index in [0.29, 0.717) is 29.9 Å². The van der Waals surface area contributed by atoms with E-state index in [4.69, 9.17) is 10.2 Å². The average molecular weight is 419 g/mol. The number of anilines is 3. The lowest BCUT2D eigenvalue weighted by molar-refractivity contribution is 0.190. The second-order valence-electron chi connectivity index (χ2n) is 7.64. The molecule has 158 valence electrons. The molecular weight excluding hydrogens is 397 g/mol. The van der Waals surface area contributed by atoms with E-state index in [-0.39, 0.29) is 11.8 Å². The second-order valence-corrected chi connectivity index (χ2v) is 7.64. The molecule has 9 heteroatoms. The van der Waals surface area contributed by atoms with Gasteiger partial charge in [-0.1, -0.05) is 12.1 Å². The first-order chi connectivity index (χ1) is 15.1. The first-order valence-corrected chi connectivity index (χ1v) is 10.2. The van der Waals surface area contributed by atoms with Crippen LogP contribution in [0, 0.1) is 5.82 Å². The van der Waals surface area contributed by atoms with Gasteiger partial charge in [-0.15, -0.1) is 0 Å². The number of aromatic nitrogens is 4. The number of rotatable bonds is 5. The van der Waals surface area contributed by atoms with Crippen LogP contribution < -0.4 is 11.1 Å². The van der Waals surface area contributed by atoms with Gasteiger partial charge < -0.3 is 15.5 Å². The summed E-state index contributed by atoms with van der Waals surface area (Å²) in [5, 5.41) is 3.04. The molecule has 0 unspecified atom stereocenters. The summed E-state index contributed by atoms with van der Waals surface area (Å²) in [6.45, 7) is 2.34. The van der Waals surface area contributed by atoms with Gasteiger partial charge in [0, 0.05) is 11.6 Å². The van der Waals surface area contributed by atoms with Crippen molar-refractivity contribution in [2.24, 2.45) is 0 Å². The summed E-state index contributed by atoms with van der Waals surface area (Å²) in [7, 11) is 0. The van der Waals surface area contributed by atoms with Crippen molar-refractivity contribution in [1.82, 2.24) is 24.8 Å². The highest BCUT2D eigenvalue weighted by Gasteiger charge is 2.25. The Balaban J connectivity index is 1.22. The fraction of sp³-hybridized carbons (Fsp3) is 0.273. The molecule has 0 bridgehead atoms. The fourth-order valence-corrected chi connectivity index (χ4v) is 3.83. The standard InChI is InChI=1S/C22H22FN7O/c23-15-5-7-16(8-6-15)25-22-28-19(27-21(24)29-22)13-30-11-9-14(10-12-30)20-26-17-3-1-2-4-18(17)31-20/h1-8,14H,9-13H2,(H3,24,25,27,28,29). The zero-order valence-electron chi connectivity index (χ0n) is 16.8. The van der Waals surface area contributed by atoms with Crippen LogP contribution in [0.5, 0.6) is 0 Å². The number of likely N-dealkylation sites (tertiary alicyclic amines) is 1. The lowest BCUT2D eigenvalue weighted by Gasteiger charge is -2.29. The first-order valence-electron chi connectivity index (χ1n) is 10.2. The molecular formula is C22H22FN7O. The Morgan fingerprint density at radius 2 is 1.77 bits per heavy atom. The molecule has 2 aromatic carbocycles. The van der Waals surface area contributed by atoms with E-state index in [1.54, 1.807) is 12.1 Å². The highest BCUT2D eigenvalue weighted by atomic mass is 19.1. The molecule has 5 rings (SSSR count). The summed E-state index contributed by atoms with van der Waals surface area (Å²) in [5.74, 6) is 1.91. The smallest absolute Gasteiger partial charge is 0.232 e. The number of piperidine rings is 1. The Morgan fingerprint density at radius 1 is 1.00 bits per heavy atom. The molecule has 4 aromatic rings.